The molecule has 0 fully saturated rings. The molecule has 2 aromatic carbocycles. The molecule has 3 heteroatoms. The third-order valence-corrected chi connectivity index (χ3v) is 3.11. The molecule has 0 unspecified atom stereocenters. The number of rotatable bonds is 5. The van der Waals surface area contributed by atoms with Crippen LogP contribution in [0.3, 0.4) is 0 Å². The van der Waals surface area contributed by atoms with Gasteiger partial charge in [-0.3, -0.25) is 0 Å². The minimum Gasteiger partial charge on any atom is -0.408 e. The summed E-state index contributed by atoms with van der Waals surface area (Å²) in [5.41, 5.74) is 3.68. The predicted octanol–water partition coefficient (Wildman–Crippen LogP) is 4.89. The summed E-state index contributed by atoms with van der Waals surface area (Å²) < 4.78 is 15.2. The highest BCUT2D eigenvalue weighted by atomic mass is 31.1. The molecule has 0 saturated heterocycles. The maximum Gasteiger partial charge on any atom is 0.395 e. The molecule has 0 atom stereocenters. The lowest BCUT2D eigenvalue weighted by molar-refractivity contribution is 0.525. The predicted molar refractivity (Wildman–Crippen MR) is 74.1 cm³/mol. The first-order valence-corrected chi connectivity index (χ1v) is 6.75. The molecule has 92 valence electrons. The van der Waals surface area contributed by atoms with E-state index in [0.717, 1.165) is 12.0 Å². The zero-order valence-electron chi connectivity index (χ0n) is 10.3. The van der Waals surface area contributed by atoms with Crippen LogP contribution in [0, 0.1) is 0 Å². The van der Waals surface area contributed by atoms with E-state index in [0.29, 0.717) is 5.75 Å². The van der Waals surface area contributed by atoms with E-state index >= 15 is 0 Å². The fourth-order valence-corrected chi connectivity index (χ4v) is 2.11. The van der Waals surface area contributed by atoms with Gasteiger partial charge in [0, 0.05) is 0 Å². The van der Waals surface area contributed by atoms with Crippen molar-refractivity contribution in [2.45, 2.75) is 19.8 Å². The van der Waals surface area contributed by atoms with Gasteiger partial charge >= 0.3 is 8.69 Å². The van der Waals surface area contributed by atoms with Crippen LogP contribution in [0.25, 0.3) is 11.1 Å². The average Bonchev–Trinajstić information content (AvgIpc) is 2.41. The molecule has 0 amide bonds. The van der Waals surface area contributed by atoms with Crippen LogP contribution in [0.5, 0.6) is 5.75 Å². The topological polar surface area (TPSA) is 26.3 Å². The quantitative estimate of drug-likeness (QED) is 0.713. The lowest BCUT2D eigenvalue weighted by Gasteiger charge is -2.04. The Hall–Kier alpha value is -1.66. The van der Waals surface area contributed by atoms with Gasteiger partial charge in [-0.25, -0.2) is 4.57 Å². The van der Waals surface area contributed by atoms with Crippen molar-refractivity contribution in [1.29, 1.82) is 0 Å². The average molecular weight is 258 g/mol. The van der Waals surface area contributed by atoms with Crippen molar-refractivity contribution in [2.75, 3.05) is 0 Å². The first-order chi connectivity index (χ1) is 8.83. The van der Waals surface area contributed by atoms with Crippen LogP contribution in [-0.2, 0) is 11.0 Å². The van der Waals surface area contributed by atoms with Crippen LogP contribution in [0.1, 0.15) is 18.9 Å². The van der Waals surface area contributed by atoms with Crippen LogP contribution in [-0.4, -0.2) is 0 Å². The Kier molecular flexibility index (Phi) is 4.49. The molecule has 2 rings (SSSR count). The smallest absolute Gasteiger partial charge is 0.395 e. The minimum absolute atomic E-state index is 0.320. The van der Waals surface area contributed by atoms with Gasteiger partial charge in [-0.05, 0) is 35.2 Å². The van der Waals surface area contributed by atoms with Gasteiger partial charge in [-0.15, -0.1) is 0 Å². The normalized spacial score (nSPS) is 10.5. The van der Waals surface area contributed by atoms with E-state index in [1.54, 1.807) is 0 Å². The van der Waals surface area contributed by atoms with E-state index < -0.39 is 0 Å². The molecule has 0 bridgehead atoms. The van der Waals surface area contributed by atoms with E-state index in [-0.39, 0.29) is 8.69 Å². The SMILES string of the molecule is CCCc1ccc(-c2ccc(OP=O)cc2)cc1. The largest absolute Gasteiger partial charge is 0.408 e. The second kappa shape index (κ2) is 6.32. The second-order valence-electron chi connectivity index (χ2n) is 4.14. The molecule has 0 radical (unpaired) electrons. The van der Waals surface area contributed by atoms with Gasteiger partial charge in [0.2, 0.25) is 0 Å². The molecule has 0 saturated carbocycles. The van der Waals surface area contributed by atoms with Gasteiger partial charge in [0.05, 0.1) is 0 Å². The Bertz CT molecular complexity index is 503. The number of hydrogen-bond donors (Lipinski definition) is 0. The van der Waals surface area contributed by atoms with E-state index in [9.17, 15) is 4.57 Å². The summed E-state index contributed by atoms with van der Waals surface area (Å²) in [5, 5.41) is 0. The zero-order chi connectivity index (χ0) is 12.8. The molecule has 2 nitrogen and oxygen atoms in total. The van der Waals surface area contributed by atoms with Gasteiger partial charge in [-0.2, -0.15) is 0 Å². The van der Waals surface area contributed by atoms with Crippen molar-refractivity contribution in [2.24, 2.45) is 0 Å². The Morgan fingerprint density at radius 3 is 2.00 bits per heavy atom. The van der Waals surface area contributed by atoms with Gasteiger partial charge in [0.25, 0.3) is 0 Å². The van der Waals surface area contributed by atoms with Gasteiger partial charge in [0.1, 0.15) is 5.75 Å². The van der Waals surface area contributed by atoms with E-state index in [1.807, 2.05) is 24.3 Å². The maximum absolute atomic E-state index is 10.3. The zero-order valence-corrected chi connectivity index (χ0v) is 11.2. The summed E-state index contributed by atoms with van der Waals surface area (Å²) in [6.45, 7) is 2.18. The second-order valence-corrected chi connectivity index (χ2v) is 4.47. The van der Waals surface area contributed by atoms with Crippen molar-refractivity contribution in [1.82, 2.24) is 0 Å². The summed E-state index contributed by atoms with van der Waals surface area (Å²) in [7, 11) is -0.320. The van der Waals surface area contributed by atoms with Crippen molar-refractivity contribution in [3.8, 4) is 16.9 Å². The van der Waals surface area contributed by atoms with Crippen LogP contribution in [0.2, 0.25) is 0 Å². The lowest BCUT2D eigenvalue weighted by Crippen LogP contribution is -1.83. The van der Waals surface area contributed by atoms with Gasteiger partial charge in [0.15, 0.2) is 0 Å². The van der Waals surface area contributed by atoms with Gasteiger partial charge in [-0.1, -0.05) is 49.7 Å². The molecule has 2 aromatic rings. The standard InChI is InChI=1S/C15H15O2P/c1-2-3-12-4-6-13(7-5-12)14-8-10-15(11-9-14)17-18-16/h4-11H,2-3H2,1H3. The van der Waals surface area contributed by atoms with Gasteiger partial charge < -0.3 is 4.52 Å². The summed E-state index contributed by atoms with van der Waals surface area (Å²) in [6.07, 6.45) is 2.29. The third kappa shape index (κ3) is 3.18. The first-order valence-electron chi connectivity index (χ1n) is 6.02. The van der Waals surface area contributed by atoms with Crippen molar-refractivity contribution in [3.05, 3.63) is 54.1 Å². The molecule has 0 aliphatic carbocycles. The highest BCUT2D eigenvalue weighted by Crippen LogP contribution is 2.24. The summed E-state index contributed by atoms with van der Waals surface area (Å²) in [6, 6.07) is 16.2. The van der Waals surface area contributed by atoms with E-state index in [1.165, 1.54) is 17.5 Å². The number of hydrogen-bond acceptors (Lipinski definition) is 2. The molecule has 0 aliphatic rings. The number of aryl methyl sites for hydroxylation is 1. The van der Waals surface area contributed by atoms with Crippen LogP contribution in [0.4, 0.5) is 0 Å². The Morgan fingerprint density at radius 1 is 0.944 bits per heavy atom. The van der Waals surface area contributed by atoms with E-state index in [4.69, 9.17) is 4.52 Å². The first kappa shape index (κ1) is 12.8. The third-order valence-electron chi connectivity index (χ3n) is 2.82. The minimum atomic E-state index is -0.320. The highest BCUT2D eigenvalue weighted by Gasteiger charge is 1.99. The summed E-state index contributed by atoms with van der Waals surface area (Å²) >= 11 is 0. The molecular weight excluding hydrogens is 243 g/mol. The molecule has 0 heterocycles. The molecule has 0 N–H and O–H groups in total. The molecular formula is C15H15O2P. The highest BCUT2D eigenvalue weighted by molar-refractivity contribution is 7.17. The Morgan fingerprint density at radius 2 is 1.50 bits per heavy atom. The molecule has 18 heavy (non-hydrogen) atoms. The van der Waals surface area contributed by atoms with Crippen molar-refractivity contribution >= 4 is 8.69 Å². The van der Waals surface area contributed by atoms with Crippen molar-refractivity contribution in [3.63, 3.8) is 0 Å². The van der Waals surface area contributed by atoms with Crippen LogP contribution >= 0.6 is 8.69 Å². The van der Waals surface area contributed by atoms with Crippen LogP contribution < -0.4 is 4.52 Å². The number of benzene rings is 2. The Labute approximate surface area is 109 Å². The molecule has 0 spiro atoms. The summed E-state index contributed by atoms with van der Waals surface area (Å²) in [4.78, 5) is 0. The van der Waals surface area contributed by atoms with E-state index in [2.05, 4.69) is 31.2 Å². The lowest BCUT2D eigenvalue weighted by atomic mass is 10.0. The fraction of sp³-hybridized carbons (Fsp3) is 0.200. The molecule has 0 aliphatic heterocycles. The summed E-state index contributed by atoms with van der Waals surface area (Å²) in [5.74, 6) is 0.609. The fourth-order valence-electron chi connectivity index (χ4n) is 1.90. The molecule has 0 aromatic heterocycles. The Balaban J connectivity index is 2.17. The maximum atomic E-state index is 10.3. The van der Waals surface area contributed by atoms with Crippen molar-refractivity contribution < 1.29 is 9.09 Å². The monoisotopic (exact) mass is 258 g/mol. The van der Waals surface area contributed by atoms with Crippen LogP contribution in [0.15, 0.2) is 48.5 Å².